The molecule has 0 atom stereocenters. The first-order chi connectivity index (χ1) is 12.6. The van der Waals surface area contributed by atoms with Gasteiger partial charge in [0.15, 0.2) is 5.65 Å². The topological polar surface area (TPSA) is 93.2 Å². The molecular formula is C17H18FN7O. The van der Waals surface area contributed by atoms with Crippen molar-refractivity contribution < 1.29 is 9.18 Å². The van der Waals surface area contributed by atoms with Gasteiger partial charge in [-0.1, -0.05) is 0 Å². The lowest BCUT2D eigenvalue weighted by Gasteiger charge is -2.36. The summed E-state index contributed by atoms with van der Waals surface area (Å²) in [5, 5.41) is 4.84. The van der Waals surface area contributed by atoms with Gasteiger partial charge in [-0.25, -0.2) is 19.0 Å². The van der Waals surface area contributed by atoms with E-state index in [-0.39, 0.29) is 18.3 Å². The van der Waals surface area contributed by atoms with Crippen LogP contribution in [0.1, 0.15) is 0 Å². The van der Waals surface area contributed by atoms with E-state index >= 15 is 0 Å². The Morgan fingerprint density at radius 3 is 2.58 bits per heavy atom. The molecule has 0 bridgehead atoms. The second-order valence-corrected chi connectivity index (χ2v) is 6.14. The summed E-state index contributed by atoms with van der Waals surface area (Å²) in [5.41, 5.74) is 7.31. The first-order valence-electron chi connectivity index (χ1n) is 8.32. The average molecular weight is 355 g/mol. The number of anilines is 2. The van der Waals surface area contributed by atoms with Gasteiger partial charge in [0, 0.05) is 31.9 Å². The highest BCUT2D eigenvalue weighted by Crippen LogP contribution is 2.18. The highest BCUT2D eigenvalue weighted by Gasteiger charge is 2.22. The van der Waals surface area contributed by atoms with E-state index in [2.05, 4.69) is 20.0 Å². The number of nitrogens with zero attached hydrogens (tertiary/aromatic N) is 6. The third kappa shape index (κ3) is 3.03. The van der Waals surface area contributed by atoms with Crippen LogP contribution in [0.2, 0.25) is 0 Å². The second kappa shape index (κ2) is 6.58. The van der Waals surface area contributed by atoms with Crippen LogP contribution in [0.4, 0.5) is 15.9 Å². The van der Waals surface area contributed by atoms with E-state index in [0.29, 0.717) is 43.0 Å². The maximum atomic E-state index is 13.0. The number of nitrogen functional groups attached to an aromatic ring is 1. The molecule has 134 valence electrons. The lowest BCUT2D eigenvalue weighted by molar-refractivity contribution is -0.132. The minimum Gasteiger partial charge on any atom is -0.383 e. The molecule has 1 amide bonds. The molecule has 1 fully saturated rings. The molecule has 3 heterocycles. The van der Waals surface area contributed by atoms with Gasteiger partial charge in [-0.15, -0.1) is 0 Å². The minimum atomic E-state index is -0.251. The molecule has 1 aliphatic rings. The van der Waals surface area contributed by atoms with Crippen LogP contribution in [0.5, 0.6) is 0 Å². The van der Waals surface area contributed by atoms with Crippen LogP contribution < -0.4 is 10.6 Å². The van der Waals surface area contributed by atoms with Gasteiger partial charge in [-0.3, -0.25) is 4.79 Å². The zero-order chi connectivity index (χ0) is 18.1. The lowest BCUT2D eigenvalue weighted by atomic mass is 10.2. The third-order valence-electron chi connectivity index (χ3n) is 4.57. The first kappa shape index (κ1) is 16.2. The molecular weight excluding hydrogens is 337 g/mol. The Hall–Kier alpha value is -3.23. The smallest absolute Gasteiger partial charge is 0.244 e. The number of carbonyl (C=O) groups excluding carboxylic acids is 1. The predicted molar refractivity (Wildman–Crippen MR) is 94.9 cm³/mol. The molecule has 2 N–H and O–H groups in total. The van der Waals surface area contributed by atoms with Crippen molar-refractivity contribution >= 4 is 28.4 Å². The van der Waals surface area contributed by atoms with Gasteiger partial charge in [0.25, 0.3) is 0 Å². The first-order valence-corrected chi connectivity index (χ1v) is 8.32. The van der Waals surface area contributed by atoms with Gasteiger partial charge in [-0.05, 0) is 24.3 Å². The van der Waals surface area contributed by atoms with Crippen LogP contribution >= 0.6 is 0 Å². The number of carbonyl (C=O) groups is 1. The molecule has 9 heteroatoms. The Bertz CT molecular complexity index is 932. The number of hydrogen-bond acceptors (Lipinski definition) is 6. The van der Waals surface area contributed by atoms with Gasteiger partial charge in [-0.2, -0.15) is 5.10 Å². The maximum absolute atomic E-state index is 13.0. The van der Waals surface area contributed by atoms with E-state index in [1.807, 2.05) is 0 Å². The van der Waals surface area contributed by atoms with E-state index in [1.165, 1.54) is 18.5 Å². The van der Waals surface area contributed by atoms with Crippen molar-refractivity contribution in [2.45, 2.75) is 6.54 Å². The van der Waals surface area contributed by atoms with Crippen molar-refractivity contribution in [3.8, 4) is 0 Å². The molecule has 0 unspecified atom stereocenters. The van der Waals surface area contributed by atoms with Crippen molar-refractivity contribution in [2.75, 3.05) is 36.8 Å². The highest BCUT2D eigenvalue weighted by molar-refractivity contribution is 5.86. The molecule has 0 saturated carbocycles. The van der Waals surface area contributed by atoms with Crippen molar-refractivity contribution in [2.24, 2.45) is 0 Å². The lowest BCUT2D eigenvalue weighted by Crippen LogP contribution is -2.49. The molecule has 3 aromatic rings. The zero-order valence-electron chi connectivity index (χ0n) is 14.0. The fraction of sp³-hybridized carbons (Fsp3) is 0.294. The summed E-state index contributed by atoms with van der Waals surface area (Å²) in [4.78, 5) is 24.6. The minimum absolute atomic E-state index is 0.0223. The number of halogens is 1. The van der Waals surface area contributed by atoms with Crippen LogP contribution in [0, 0.1) is 5.82 Å². The zero-order valence-corrected chi connectivity index (χ0v) is 14.0. The van der Waals surface area contributed by atoms with E-state index in [0.717, 1.165) is 5.69 Å². The maximum Gasteiger partial charge on any atom is 0.244 e. The van der Waals surface area contributed by atoms with Crippen LogP contribution in [0.15, 0.2) is 36.8 Å². The molecule has 2 aromatic heterocycles. The molecule has 0 spiro atoms. The number of amides is 1. The molecule has 0 radical (unpaired) electrons. The quantitative estimate of drug-likeness (QED) is 0.750. The Kier molecular flexibility index (Phi) is 4.11. The fourth-order valence-corrected chi connectivity index (χ4v) is 3.12. The van der Waals surface area contributed by atoms with Crippen LogP contribution in [-0.2, 0) is 11.3 Å². The standard InChI is InChI=1S/C17H18FN7O/c18-12-1-3-13(4-2-12)23-5-7-24(8-6-23)15(26)10-25-17-14(9-22-25)16(19)20-11-21-17/h1-4,9,11H,5-8,10H2,(H2,19,20,21). The SMILES string of the molecule is Nc1ncnc2c1cnn2CC(=O)N1CCN(c2ccc(F)cc2)CC1. The molecule has 0 aliphatic carbocycles. The fourth-order valence-electron chi connectivity index (χ4n) is 3.12. The van der Waals surface area contributed by atoms with Gasteiger partial charge in [0.1, 0.15) is 24.5 Å². The molecule has 4 rings (SSSR count). The number of hydrogen-bond donors (Lipinski definition) is 1. The Morgan fingerprint density at radius 1 is 1.12 bits per heavy atom. The molecule has 1 aromatic carbocycles. The molecule has 26 heavy (non-hydrogen) atoms. The average Bonchev–Trinajstić information content (AvgIpc) is 3.07. The van der Waals surface area contributed by atoms with E-state index in [1.54, 1.807) is 27.9 Å². The molecule has 1 saturated heterocycles. The van der Waals surface area contributed by atoms with E-state index < -0.39 is 0 Å². The normalized spacial score (nSPS) is 14.8. The van der Waals surface area contributed by atoms with Gasteiger partial charge in [0.05, 0.1) is 11.6 Å². The Labute approximate surface area is 149 Å². The summed E-state index contributed by atoms with van der Waals surface area (Å²) in [7, 11) is 0. The Morgan fingerprint density at radius 2 is 1.85 bits per heavy atom. The number of aromatic nitrogens is 4. The second-order valence-electron chi connectivity index (χ2n) is 6.14. The van der Waals surface area contributed by atoms with Crippen LogP contribution in [-0.4, -0.2) is 56.7 Å². The highest BCUT2D eigenvalue weighted by atomic mass is 19.1. The summed E-state index contributed by atoms with van der Waals surface area (Å²) >= 11 is 0. The van der Waals surface area contributed by atoms with E-state index in [4.69, 9.17) is 5.73 Å². The van der Waals surface area contributed by atoms with Gasteiger partial charge in [0.2, 0.25) is 5.91 Å². The molecule has 1 aliphatic heterocycles. The van der Waals surface area contributed by atoms with Crippen molar-refractivity contribution in [3.63, 3.8) is 0 Å². The van der Waals surface area contributed by atoms with Gasteiger partial charge >= 0.3 is 0 Å². The van der Waals surface area contributed by atoms with Crippen molar-refractivity contribution in [1.82, 2.24) is 24.6 Å². The summed E-state index contributed by atoms with van der Waals surface area (Å²) < 4.78 is 14.6. The van der Waals surface area contributed by atoms with Crippen LogP contribution in [0.3, 0.4) is 0 Å². The summed E-state index contributed by atoms with van der Waals surface area (Å²) in [6, 6.07) is 6.41. The monoisotopic (exact) mass is 355 g/mol. The number of rotatable bonds is 3. The summed E-state index contributed by atoms with van der Waals surface area (Å²) in [5.74, 6) is 0.0750. The number of fused-ring (bicyclic) bond motifs is 1. The van der Waals surface area contributed by atoms with Crippen molar-refractivity contribution in [1.29, 1.82) is 0 Å². The van der Waals surface area contributed by atoms with Gasteiger partial charge < -0.3 is 15.5 Å². The van der Waals surface area contributed by atoms with Crippen LogP contribution in [0.25, 0.3) is 11.0 Å². The largest absolute Gasteiger partial charge is 0.383 e. The molecule has 8 nitrogen and oxygen atoms in total. The number of piperazine rings is 1. The Balaban J connectivity index is 1.40. The number of nitrogens with two attached hydrogens (primary N) is 1. The predicted octanol–water partition coefficient (Wildman–Crippen LogP) is 0.896. The number of benzene rings is 1. The van der Waals surface area contributed by atoms with Crippen molar-refractivity contribution in [3.05, 3.63) is 42.6 Å². The van der Waals surface area contributed by atoms with E-state index in [9.17, 15) is 9.18 Å². The third-order valence-corrected chi connectivity index (χ3v) is 4.57. The summed E-state index contributed by atoms with van der Waals surface area (Å²) in [6.07, 6.45) is 2.94. The summed E-state index contributed by atoms with van der Waals surface area (Å²) in [6.45, 7) is 2.72.